The van der Waals surface area contributed by atoms with Gasteiger partial charge in [0.05, 0.1) is 5.52 Å². The van der Waals surface area contributed by atoms with E-state index < -0.39 is 5.41 Å². The fourth-order valence-corrected chi connectivity index (χ4v) is 4.65. The molecule has 0 spiro atoms. The van der Waals surface area contributed by atoms with Crippen LogP contribution in [-0.2, 0) is 4.79 Å². The second kappa shape index (κ2) is 8.37. The number of carbonyl (C=O) groups excluding carboxylic acids is 2. The van der Waals surface area contributed by atoms with Crippen LogP contribution in [0.5, 0.6) is 0 Å². The van der Waals surface area contributed by atoms with Crippen LogP contribution in [0.4, 0.5) is 0 Å². The molecule has 1 aromatic carbocycles. The zero-order chi connectivity index (χ0) is 23.2. The zero-order valence-electron chi connectivity index (χ0n) is 18.6. The average molecular weight is 472 g/mol. The molecule has 4 rings (SSSR count). The van der Waals surface area contributed by atoms with Gasteiger partial charge in [0.1, 0.15) is 11.5 Å². The lowest BCUT2D eigenvalue weighted by Gasteiger charge is -2.31. The zero-order valence-corrected chi connectivity index (χ0v) is 20.2. The van der Waals surface area contributed by atoms with Gasteiger partial charge in [-0.15, -0.1) is 0 Å². The van der Waals surface area contributed by atoms with Crippen molar-refractivity contribution in [3.8, 4) is 11.3 Å². The van der Waals surface area contributed by atoms with Crippen molar-refractivity contribution in [3.63, 3.8) is 0 Å². The van der Waals surface area contributed by atoms with Crippen LogP contribution in [0.2, 0.25) is 5.02 Å². The Hall–Kier alpha value is -2.64. The lowest BCUT2D eigenvalue weighted by Crippen LogP contribution is -2.42. The number of benzene rings is 1. The van der Waals surface area contributed by atoms with Crippen molar-refractivity contribution in [1.29, 1.82) is 0 Å². The first-order valence-corrected chi connectivity index (χ1v) is 11.5. The van der Waals surface area contributed by atoms with Crippen LogP contribution in [0.1, 0.15) is 44.6 Å². The largest absolute Gasteiger partial charge is 0.454 e. The SMILES string of the molecule is CCN(CC)C(=O)CC(C)(C)CN1C(=O)c2cc3oc(-c4ccc(Cl)cc4)cc3n2C1=S. The van der Waals surface area contributed by atoms with Crippen molar-refractivity contribution in [3.05, 3.63) is 47.1 Å². The second-order valence-corrected chi connectivity index (χ2v) is 9.61. The molecule has 0 N–H and O–H groups in total. The third kappa shape index (κ3) is 3.95. The Balaban J connectivity index is 1.58. The number of rotatable bonds is 7. The summed E-state index contributed by atoms with van der Waals surface area (Å²) in [5.74, 6) is 0.598. The third-order valence-corrected chi connectivity index (χ3v) is 6.49. The van der Waals surface area contributed by atoms with Gasteiger partial charge in [-0.3, -0.25) is 19.1 Å². The lowest BCUT2D eigenvalue weighted by atomic mass is 9.88. The first-order valence-electron chi connectivity index (χ1n) is 10.7. The van der Waals surface area contributed by atoms with Crippen molar-refractivity contribution in [2.75, 3.05) is 19.6 Å². The molecule has 3 heterocycles. The summed E-state index contributed by atoms with van der Waals surface area (Å²) in [5.41, 5.74) is 2.31. The fourth-order valence-electron chi connectivity index (χ4n) is 4.18. The summed E-state index contributed by atoms with van der Waals surface area (Å²) >= 11 is 11.7. The van der Waals surface area contributed by atoms with Crippen molar-refractivity contribution < 1.29 is 14.0 Å². The van der Waals surface area contributed by atoms with E-state index in [1.54, 1.807) is 27.7 Å². The molecule has 0 bridgehead atoms. The highest BCUT2D eigenvalue weighted by atomic mass is 35.5. The van der Waals surface area contributed by atoms with E-state index in [1.165, 1.54) is 0 Å². The summed E-state index contributed by atoms with van der Waals surface area (Å²) in [6.07, 6.45) is 0.345. The summed E-state index contributed by atoms with van der Waals surface area (Å²) < 4.78 is 7.75. The number of fused-ring (bicyclic) bond motifs is 3. The lowest BCUT2D eigenvalue weighted by molar-refractivity contribution is -0.133. The Morgan fingerprint density at radius 3 is 2.44 bits per heavy atom. The maximum absolute atomic E-state index is 13.1. The second-order valence-electron chi connectivity index (χ2n) is 8.81. The minimum absolute atomic E-state index is 0.0852. The molecule has 0 aliphatic carbocycles. The van der Waals surface area contributed by atoms with E-state index >= 15 is 0 Å². The van der Waals surface area contributed by atoms with Crippen molar-refractivity contribution >= 4 is 51.8 Å². The van der Waals surface area contributed by atoms with Gasteiger partial charge in [0.15, 0.2) is 10.7 Å². The summed E-state index contributed by atoms with van der Waals surface area (Å²) in [7, 11) is 0. The van der Waals surface area contributed by atoms with Gasteiger partial charge in [0.2, 0.25) is 5.91 Å². The molecule has 1 aliphatic rings. The van der Waals surface area contributed by atoms with Crippen molar-refractivity contribution in [1.82, 2.24) is 14.4 Å². The fraction of sp³-hybridized carbons (Fsp3) is 0.375. The van der Waals surface area contributed by atoms with E-state index in [4.69, 9.17) is 28.2 Å². The Morgan fingerprint density at radius 2 is 1.81 bits per heavy atom. The number of hydrogen-bond acceptors (Lipinski definition) is 4. The molecule has 8 heteroatoms. The molecule has 168 valence electrons. The van der Waals surface area contributed by atoms with E-state index in [1.807, 2.05) is 50.8 Å². The molecule has 0 unspecified atom stereocenters. The van der Waals surface area contributed by atoms with Crippen LogP contribution in [0.25, 0.3) is 22.4 Å². The van der Waals surface area contributed by atoms with Crippen molar-refractivity contribution in [2.45, 2.75) is 34.1 Å². The van der Waals surface area contributed by atoms with E-state index in [2.05, 4.69) is 0 Å². The Morgan fingerprint density at radius 1 is 1.16 bits per heavy atom. The highest BCUT2D eigenvalue weighted by Crippen LogP contribution is 2.35. The Kier molecular flexibility index (Phi) is 5.90. The van der Waals surface area contributed by atoms with Crippen LogP contribution in [0.3, 0.4) is 0 Å². The first kappa shape index (κ1) is 22.6. The molecule has 0 fully saturated rings. The molecular formula is C24H26ClN3O3S. The monoisotopic (exact) mass is 471 g/mol. The van der Waals surface area contributed by atoms with Gasteiger partial charge in [0.25, 0.3) is 5.91 Å². The number of carbonyl (C=O) groups is 2. The van der Waals surface area contributed by atoms with E-state index in [0.29, 0.717) is 53.2 Å². The predicted octanol–water partition coefficient (Wildman–Crippen LogP) is 5.43. The highest BCUT2D eigenvalue weighted by molar-refractivity contribution is 7.80. The molecule has 2 amide bonds. The third-order valence-electron chi connectivity index (χ3n) is 5.84. The molecular weight excluding hydrogens is 446 g/mol. The maximum atomic E-state index is 13.1. The van der Waals surface area contributed by atoms with Crippen LogP contribution in [-0.4, -0.2) is 50.9 Å². The summed E-state index contributed by atoms with van der Waals surface area (Å²) in [6, 6.07) is 11.0. The smallest absolute Gasteiger partial charge is 0.277 e. The number of halogens is 1. The number of aromatic nitrogens is 1. The number of amides is 2. The Labute approximate surface area is 197 Å². The van der Waals surface area contributed by atoms with Crippen LogP contribution < -0.4 is 0 Å². The van der Waals surface area contributed by atoms with Crippen LogP contribution >= 0.6 is 23.8 Å². The first-order chi connectivity index (χ1) is 15.1. The minimum Gasteiger partial charge on any atom is -0.454 e. The standard InChI is InChI=1S/C24H26ClN3O3S/c1-5-26(6-2)21(29)13-24(3,4)14-27-22(30)18-12-20-17(28(18)23(27)32)11-19(31-20)15-7-9-16(25)10-8-15/h7-12H,5-6,13-14H2,1-4H3. The molecule has 32 heavy (non-hydrogen) atoms. The molecule has 2 aromatic heterocycles. The van der Waals surface area contributed by atoms with Gasteiger partial charge in [-0.05, 0) is 55.7 Å². The Bertz CT molecular complexity index is 1210. The topological polar surface area (TPSA) is 58.7 Å². The summed E-state index contributed by atoms with van der Waals surface area (Å²) in [6.45, 7) is 9.63. The van der Waals surface area contributed by atoms with Gasteiger partial charge < -0.3 is 9.32 Å². The van der Waals surface area contributed by atoms with Gasteiger partial charge in [0, 0.05) is 48.8 Å². The molecule has 1 aliphatic heterocycles. The maximum Gasteiger partial charge on any atom is 0.277 e. The quantitative estimate of drug-likeness (QED) is 0.431. The molecule has 3 aromatic rings. The normalized spacial score (nSPS) is 13.8. The highest BCUT2D eigenvalue weighted by Gasteiger charge is 2.39. The van der Waals surface area contributed by atoms with Crippen LogP contribution in [0, 0.1) is 5.41 Å². The van der Waals surface area contributed by atoms with Gasteiger partial charge in [-0.25, -0.2) is 0 Å². The molecule has 0 saturated heterocycles. The summed E-state index contributed by atoms with van der Waals surface area (Å²) in [5, 5.41) is 1.06. The van der Waals surface area contributed by atoms with Gasteiger partial charge in [-0.2, -0.15) is 0 Å². The number of hydrogen-bond donors (Lipinski definition) is 0. The van der Waals surface area contributed by atoms with Crippen LogP contribution in [0.15, 0.2) is 40.8 Å². The summed E-state index contributed by atoms with van der Waals surface area (Å²) in [4.78, 5) is 29.2. The van der Waals surface area contributed by atoms with E-state index in [9.17, 15) is 9.59 Å². The van der Waals surface area contributed by atoms with Crippen molar-refractivity contribution in [2.24, 2.45) is 5.41 Å². The molecule has 0 radical (unpaired) electrons. The minimum atomic E-state index is -0.423. The molecule has 6 nitrogen and oxygen atoms in total. The predicted molar refractivity (Wildman–Crippen MR) is 130 cm³/mol. The number of thiocarbonyl (C=S) groups is 1. The van der Waals surface area contributed by atoms with E-state index in [-0.39, 0.29) is 11.8 Å². The molecule has 0 saturated carbocycles. The van der Waals surface area contributed by atoms with E-state index in [0.717, 1.165) is 11.1 Å². The number of furan rings is 1. The average Bonchev–Trinajstić information content (AvgIpc) is 3.35. The van der Waals surface area contributed by atoms with Gasteiger partial charge in [-0.1, -0.05) is 25.4 Å². The molecule has 0 atom stereocenters. The van der Waals surface area contributed by atoms with Gasteiger partial charge >= 0.3 is 0 Å². The number of nitrogens with zero attached hydrogens (tertiary/aromatic N) is 3.